The molecule has 1 aliphatic rings. The van der Waals surface area contributed by atoms with E-state index < -0.39 is 5.60 Å². The summed E-state index contributed by atoms with van der Waals surface area (Å²) < 4.78 is 2.04. The van der Waals surface area contributed by atoms with Gasteiger partial charge in [0, 0.05) is 25.9 Å². The Morgan fingerprint density at radius 1 is 1.24 bits per heavy atom. The molecule has 0 unspecified atom stereocenters. The lowest BCUT2D eigenvalue weighted by molar-refractivity contribution is -0.00868. The van der Waals surface area contributed by atoms with Crippen molar-refractivity contribution in [2.45, 2.75) is 50.0 Å². The van der Waals surface area contributed by atoms with Crippen LogP contribution in [0.5, 0.6) is 0 Å². The highest BCUT2D eigenvalue weighted by atomic mass is 16.3. The number of hydrogen-bond donors (Lipinski definition) is 1. The molecule has 1 N–H and O–H groups in total. The minimum absolute atomic E-state index is 0.503. The largest absolute Gasteiger partial charge is 0.390 e. The summed E-state index contributed by atoms with van der Waals surface area (Å²) in [5.74, 6) is 1.67. The normalized spacial score (nSPS) is 25.9. The summed E-state index contributed by atoms with van der Waals surface area (Å²) >= 11 is 0. The first kappa shape index (κ1) is 14.3. The van der Waals surface area contributed by atoms with E-state index in [1.165, 1.54) is 5.56 Å². The maximum Gasteiger partial charge on any atom is 0.108 e. The Bertz CT molecular complexity index is 568. The van der Waals surface area contributed by atoms with Crippen LogP contribution in [-0.2, 0) is 13.5 Å². The van der Waals surface area contributed by atoms with Crippen LogP contribution in [0.4, 0.5) is 0 Å². The number of imidazole rings is 1. The molecule has 1 saturated carbocycles. The first-order valence-corrected chi connectivity index (χ1v) is 7.90. The van der Waals surface area contributed by atoms with Crippen molar-refractivity contribution in [1.29, 1.82) is 0 Å². The molecule has 0 amide bonds. The van der Waals surface area contributed by atoms with Crippen LogP contribution in [0.2, 0.25) is 0 Å². The van der Waals surface area contributed by atoms with Crippen molar-refractivity contribution < 1.29 is 5.11 Å². The molecule has 3 heteroatoms. The van der Waals surface area contributed by atoms with Crippen LogP contribution >= 0.6 is 0 Å². The van der Waals surface area contributed by atoms with Gasteiger partial charge in [-0.05, 0) is 43.6 Å². The Kier molecular flexibility index (Phi) is 4.11. The average molecular weight is 284 g/mol. The summed E-state index contributed by atoms with van der Waals surface area (Å²) in [6, 6.07) is 10.7. The van der Waals surface area contributed by atoms with E-state index in [1.54, 1.807) is 0 Å². The van der Waals surface area contributed by atoms with Crippen LogP contribution in [0.3, 0.4) is 0 Å². The van der Waals surface area contributed by atoms with E-state index in [-0.39, 0.29) is 0 Å². The first-order valence-electron chi connectivity index (χ1n) is 7.90. The zero-order valence-electron chi connectivity index (χ0n) is 12.7. The van der Waals surface area contributed by atoms with Crippen molar-refractivity contribution in [2.24, 2.45) is 7.05 Å². The molecule has 0 spiro atoms. The van der Waals surface area contributed by atoms with Gasteiger partial charge < -0.3 is 9.67 Å². The molecular weight excluding hydrogens is 260 g/mol. The predicted octanol–water partition coefficient (Wildman–Crippen LogP) is 3.44. The van der Waals surface area contributed by atoms with Crippen LogP contribution in [0, 0.1) is 0 Å². The van der Waals surface area contributed by atoms with Gasteiger partial charge in [0.15, 0.2) is 0 Å². The zero-order chi connectivity index (χ0) is 14.7. The number of nitrogens with zero attached hydrogens (tertiary/aromatic N) is 2. The summed E-state index contributed by atoms with van der Waals surface area (Å²) in [6.45, 7) is 0. The Balaban J connectivity index is 1.56. The molecule has 1 aliphatic carbocycles. The Morgan fingerprint density at radius 2 is 1.95 bits per heavy atom. The number of aryl methyl sites for hydroxylation is 2. The number of rotatable bonds is 4. The number of hydrogen-bond acceptors (Lipinski definition) is 2. The van der Waals surface area contributed by atoms with Crippen LogP contribution in [0.25, 0.3) is 0 Å². The predicted molar refractivity (Wildman–Crippen MR) is 84.1 cm³/mol. The second-order valence-corrected chi connectivity index (χ2v) is 6.36. The van der Waals surface area contributed by atoms with Crippen molar-refractivity contribution in [3.8, 4) is 0 Å². The van der Waals surface area contributed by atoms with Gasteiger partial charge in [-0.15, -0.1) is 0 Å². The fourth-order valence-electron chi connectivity index (χ4n) is 3.45. The molecule has 112 valence electrons. The van der Waals surface area contributed by atoms with Crippen LogP contribution in [0.1, 0.15) is 49.4 Å². The summed E-state index contributed by atoms with van der Waals surface area (Å²) in [5.41, 5.74) is 0.917. The Hall–Kier alpha value is -1.61. The molecule has 3 nitrogen and oxygen atoms in total. The molecule has 1 heterocycles. The van der Waals surface area contributed by atoms with Gasteiger partial charge in [0.1, 0.15) is 5.82 Å². The van der Waals surface area contributed by atoms with E-state index in [1.807, 2.05) is 24.0 Å². The van der Waals surface area contributed by atoms with E-state index in [2.05, 4.69) is 35.3 Å². The summed E-state index contributed by atoms with van der Waals surface area (Å²) in [4.78, 5) is 4.35. The molecule has 2 aromatic rings. The highest BCUT2D eigenvalue weighted by molar-refractivity contribution is 5.20. The lowest BCUT2D eigenvalue weighted by Crippen LogP contribution is -2.34. The highest BCUT2D eigenvalue weighted by Crippen LogP contribution is 2.39. The SMILES string of the molecule is Cn1ccnc1CCC1(O)CCC(c2ccccc2)CC1. The van der Waals surface area contributed by atoms with Gasteiger partial charge in [-0.1, -0.05) is 30.3 Å². The maximum atomic E-state index is 10.8. The molecule has 0 saturated heterocycles. The highest BCUT2D eigenvalue weighted by Gasteiger charge is 2.33. The third-order valence-electron chi connectivity index (χ3n) is 4.92. The van der Waals surface area contributed by atoms with Crippen LogP contribution in [0.15, 0.2) is 42.7 Å². The van der Waals surface area contributed by atoms with Crippen molar-refractivity contribution in [3.05, 3.63) is 54.1 Å². The van der Waals surface area contributed by atoms with Crippen molar-refractivity contribution in [1.82, 2.24) is 9.55 Å². The Morgan fingerprint density at radius 3 is 2.57 bits per heavy atom. The Labute approximate surface area is 126 Å². The van der Waals surface area contributed by atoms with Gasteiger partial charge in [0.25, 0.3) is 0 Å². The van der Waals surface area contributed by atoms with Crippen LogP contribution in [-0.4, -0.2) is 20.3 Å². The lowest BCUT2D eigenvalue weighted by Gasteiger charge is -2.36. The van der Waals surface area contributed by atoms with Gasteiger partial charge in [-0.2, -0.15) is 0 Å². The zero-order valence-corrected chi connectivity index (χ0v) is 12.7. The molecule has 0 bridgehead atoms. The van der Waals surface area contributed by atoms with E-state index in [0.29, 0.717) is 5.92 Å². The number of aliphatic hydroxyl groups is 1. The van der Waals surface area contributed by atoms with E-state index in [0.717, 1.165) is 44.3 Å². The van der Waals surface area contributed by atoms with Crippen molar-refractivity contribution in [2.75, 3.05) is 0 Å². The quantitative estimate of drug-likeness (QED) is 0.934. The maximum absolute atomic E-state index is 10.8. The van der Waals surface area contributed by atoms with Gasteiger partial charge in [-0.25, -0.2) is 4.98 Å². The molecule has 0 aliphatic heterocycles. The monoisotopic (exact) mass is 284 g/mol. The number of aromatic nitrogens is 2. The lowest BCUT2D eigenvalue weighted by atomic mass is 9.74. The molecule has 1 aromatic carbocycles. The average Bonchev–Trinajstić information content (AvgIpc) is 2.92. The second kappa shape index (κ2) is 6.02. The van der Waals surface area contributed by atoms with E-state index in [4.69, 9.17) is 0 Å². The first-order chi connectivity index (χ1) is 10.2. The molecule has 1 aromatic heterocycles. The molecular formula is C18H24N2O. The van der Waals surface area contributed by atoms with E-state index in [9.17, 15) is 5.11 Å². The molecule has 0 radical (unpaired) electrons. The molecule has 0 atom stereocenters. The number of benzene rings is 1. The topological polar surface area (TPSA) is 38.0 Å². The minimum Gasteiger partial charge on any atom is -0.390 e. The third-order valence-corrected chi connectivity index (χ3v) is 4.92. The summed E-state index contributed by atoms with van der Waals surface area (Å²) in [5, 5.41) is 10.8. The fraction of sp³-hybridized carbons (Fsp3) is 0.500. The van der Waals surface area contributed by atoms with E-state index >= 15 is 0 Å². The summed E-state index contributed by atoms with van der Waals surface area (Å²) in [6.07, 6.45) is 9.43. The van der Waals surface area contributed by atoms with Gasteiger partial charge >= 0.3 is 0 Å². The van der Waals surface area contributed by atoms with Crippen molar-refractivity contribution in [3.63, 3.8) is 0 Å². The fourth-order valence-corrected chi connectivity index (χ4v) is 3.45. The van der Waals surface area contributed by atoms with Crippen molar-refractivity contribution >= 4 is 0 Å². The third kappa shape index (κ3) is 3.35. The van der Waals surface area contributed by atoms with Gasteiger partial charge in [-0.3, -0.25) is 0 Å². The summed E-state index contributed by atoms with van der Waals surface area (Å²) in [7, 11) is 2.01. The smallest absolute Gasteiger partial charge is 0.108 e. The van der Waals surface area contributed by atoms with Crippen LogP contribution < -0.4 is 0 Å². The molecule has 1 fully saturated rings. The standard InChI is InChI=1S/C18H24N2O/c1-20-14-13-19-17(20)9-12-18(21)10-7-16(8-11-18)15-5-3-2-4-6-15/h2-6,13-14,16,21H,7-12H2,1H3. The second-order valence-electron chi connectivity index (χ2n) is 6.36. The van der Waals surface area contributed by atoms with Gasteiger partial charge in [0.2, 0.25) is 0 Å². The minimum atomic E-state index is -0.503. The van der Waals surface area contributed by atoms with Gasteiger partial charge in [0.05, 0.1) is 5.60 Å². The molecule has 21 heavy (non-hydrogen) atoms. The molecule has 3 rings (SSSR count).